The first-order chi connectivity index (χ1) is 8.07. The van der Waals surface area contributed by atoms with Crippen LogP contribution in [0.4, 0.5) is 0 Å². The van der Waals surface area contributed by atoms with Crippen molar-refractivity contribution in [2.75, 3.05) is 6.26 Å². The Balaban J connectivity index is 3.08. The molecule has 0 aliphatic rings. The van der Waals surface area contributed by atoms with E-state index in [0.717, 1.165) is 5.56 Å². The summed E-state index contributed by atoms with van der Waals surface area (Å²) >= 11 is 0. The van der Waals surface area contributed by atoms with E-state index in [2.05, 4.69) is 13.8 Å². The third kappa shape index (κ3) is 2.93. The Morgan fingerprint density at radius 1 is 1.06 bits per heavy atom. The molecule has 0 heterocycles. The van der Waals surface area contributed by atoms with Gasteiger partial charge in [-0.25, -0.2) is 8.42 Å². The fraction of sp³-hybridized carbons (Fsp3) is 0.571. The molecule has 3 nitrogen and oxygen atoms in total. The average molecular weight is 269 g/mol. The van der Waals surface area contributed by atoms with Crippen LogP contribution in [-0.2, 0) is 9.84 Å². The zero-order valence-corrected chi connectivity index (χ0v) is 12.6. The quantitative estimate of drug-likeness (QED) is 0.914. The van der Waals surface area contributed by atoms with E-state index in [0.29, 0.717) is 5.92 Å². The van der Waals surface area contributed by atoms with Crippen molar-refractivity contribution >= 4 is 9.84 Å². The van der Waals surface area contributed by atoms with Gasteiger partial charge in [-0.2, -0.15) is 0 Å². The van der Waals surface area contributed by atoms with Gasteiger partial charge in [-0.1, -0.05) is 38.1 Å². The van der Waals surface area contributed by atoms with E-state index in [1.54, 1.807) is 13.8 Å². The monoisotopic (exact) mass is 269 g/mol. The van der Waals surface area contributed by atoms with Crippen LogP contribution in [0.1, 0.15) is 50.8 Å². The maximum atomic E-state index is 11.8. The largest absolute Gasteiger partial charge is 0.323 e. The molecule has 18 heavy (non-hydrogen) atoms. The summed E-state index contributed by atoms with van der Waals surface area (Å²) in [6.45, 7) is 7.58. The van der Waals surface area contributed by atoms with Gasteiger partial charge in [0.25, 0.3) is 0 Å². The van der Waals surface area contributed by atoms with Gasteiger partial charge in [-0.15, -0.1) is 0 Å². The lowest BCUT2D eigenvalue weighted by atomic mass is 9.93. The van der Waals surface area contributed by atoms with Crippen LogP contribution in [0.15, 0.2) is 24.3 Å². The first-order valence-electron chi connectivity index (χ1n) is 6.12. The van der Waals surface area contributed by atoms with Crippen LogP contribution in [-0.4, -0.2) is 19.4 Å². The summed E-state index contributed by atoms with van der Waals surface area (Å²) in [6, 6.07) is 7.35. The SMILES string of the molecule is CC(C)c1ccc(C(N)C(C)(C)S(C)(=O)=O)cc1. The molecule has 0 aromatic heterocycles. The summed E-state index contributed by atoms with van der Waals surface area (Å²) in [5, 5.41) is 0. The van der Waals surface area contributed by atoms with Gasteiger partial charge in [0, 0.05) is 12.3 Å². The Labute approximate surface area is 110 Å². The van der Waals surface area contributed by atoms with Crippen molar-refractivity contribution in [3.63, 3.8) is 0 Å². The molecule has 0 radical (unpaired) electrons. The summed E-state index contributed by atoms with van der Waals surface area (Å²) in [4.78, 5) is 0. The minimum absolute atomic E-state index is 0.457. The van der Waals surface area contributed by atoms with Crippen molar-refractivity contribution in [3.05, 3.63) is 35.4 Å². The first-order valence-corrected chi connectivity index (χ1v) is 8.01. The predicted octanol–water partition coefficient (Wildman–Crippen LogP) is 2.63. The summed E-state index contributed by atoms with van der Waals surface area (Å²) < 4.78 is 22.6. The van der Waals surface area contributed by atoms with Crippen molar-refractivity contribution in [3.8, 4) is 0 Å². The predicted molar refractivity (Wildman–Crippen MR) is 76.4 cm³/mol. The van der Waals surface area contributed by atoms with E-state index in [-0.39, 0.29) is 0 Å². The van der Waals surface area contributed by atoms with Crippen LogP contribution in [0.3, 0.4) is 0 Å². The van der Waals surface area contributed by atoms with Crippen LogP contribution in [0.5, 0.6) is 0 Å². The molecule has 1 aromatic rings. The molecule has 0 aliphatic heterocycles. The highest BCUT2D eigenvalue weighted by atomic mass is 32.2. The molecule has 0 fully saturated rings. The molecule has 102 valence electrons. The normalized spacial score (nSPS) is 14.8. The Hall–Kier alpha value is -0.870. The minimum Gasteiger partial charge on any atom is -0.323 e. The standard InChI is InChI=1S/C14H23NO2S/c1-10(2)11-6-8-12(9-7-11)13(15)14(3,4)18(5,16)17/h6-10,13H,15H2,1-5H3. The van der Waals surface area contributed by atoms with Crippen molar-refractivity contribution in [2.45, 2.75) is 44.4 Å². The van der Waals surface area contributed by atoms with Gasteiger partial charge in [0.05, 0.1) is 4.75 Å². The maximum absolute atomic E-state index is 11.8. The molecule has 0 saturated carbocycles. The molecule has 0 amide bonds. The highest BCUT2D eigenvalue weighted by Gasteiger charge is 2.37. The molecule has 0 bridgehead atoms. The summed E-state index contributed by atoms with van der Waals surface area (Å²) in [7, 11) is -3.20. The topological polar surface area (TPSA) is 60.2 Å². The van der Waals surface area contributed by atoms with E-state index in [1.165, 1.54) is 11.8 Å². The van der Waals surface area contributed by atoms with Gasteiger partial charge in [0.15, 0.2) is 9.84 Å². The third-order valence-electron chi connectivity index (χ3n) is 3.67. The van der Waals surface area contributed by atoms with Gasteiger partial charge >= 0.3 is 0 Å². The Bertz CT molecular complexity index is 501. The molecule has 0 saturated heterocycles. The fourth-order valence-corrected chi connectivity index (χ4v) is 2.32. The highest BCUT2D eigenvalue weighted by molar-refractivity contribution is 7.92. The second-order valence-corrected chi connectivity index (χ2v) is 8.27. The van der Waals surface area contributed by atoms with Crippen LogP contribution in [0.25, 0.3) is 0 Å². The lowest BCUT2D eigenvalue weighted by Crippen LogP contribution is -2.42. The Morgan fingerprint density at radius 2 is 1.44 bits per heavy atom. The van der Waals surface area contributed by atoms with Crippen molar-refractivity contribution in [1.29, 1.82) is 0 Å². The fourth-order valence-electron chi connectivity index (χ4n) is 1.72. The molecule has 0 spiro atoms. The maximum Gasteiger partial charge on any atom is 0.154 e. The number of nitrogens with two attached hydrogens (primary N) is 1. The second kappa shape index (κ2) is 5.02. The molecule has 2 N–H and O–H groups in total. The van der Waals surface area contributed by atoms with Crippen molar-refractivity contribution in [2.24, 2.45) is 5.73 Å². The van der Waals surface area contributed by atoms with E-state index in [4.69, 9.17) is 5.73 Å². The summed E-state index contributed by atoms with van der Waals surface area (Å²) in [6.07, 6.45) is 1.23. The zero-order valence-electron chi connectivity index (χ0n) is 11.8. The molecular formula is C14H23NO2S. The number of benzene rings is 1. The van der Waals surface area contributed by atoms with Crippen LogP contribution in [0, 0.1) is 0 Å². The van der Waals surface area contributed by atoms with Gasteiger partial charge < -0.3 is 5.73 Å². The first kappa shape index (κ1) is 15.2. The van der Waals surface area contributed by atoms with Gasteiger partial charge in [0.1, 0.15) is 0 Å². The lowest BCUT2D eigenvalue weighted by molar-refractivity contribution is 0.496. The smallest absolute Gasteiger partial charge is 0.154 e. The molecule has 4 heteroatoms. The van der Waals surface area contributed by atoms with E-state index >= 15 is 0 Å². The number of hydrogen-bond donors (Lipinski definition) is 1. The summed E-state index contributed by atoms with van der Waals surface area (Å²) in [5.74, 6) is 0.457. The molecule has 1 rings (SSSR count). The molecular weight excluding hydrogens is 246 g/mol. The van der Waals surface area contributed by atoms with E-state index in [1.807, 2.05) is 24.3 Å². The lowest BCUT2D eigenvalue weighted by Gasteiger charge is -2.30. The van der Waals surface area contributed by atoms with Crippen molar-refractivity contribution < 1.29 is 8.42 Å². The van der Waals surface area contributed by atoms with E-state index in [9.17, 15) is 8.42 Å². The second-order valence-electron chi connectivity index (χ2n) is 5.67. The van der Waals surface area contributed by atoms with Gasteiger partial charge in [-0.3, -0.25) is 0 Å². The van der Waals surface area contributed by atoms with Crippen LogP contribution < -0.4 is 5.73 Å². The molecule has 1 aromatic carbocycles. The number of hydrogen-bond acceptors (Lipinski definition) is 3. The molecule has 0 aliphatic carbocycles. The van der Waals surface area contributed by atoms with Crippen LogP contribution in [0.2, 0.25) is 0 Å². The Kier molecular flexibility index (Phi) is 4.23. The summed E-state index contributed by atoms with van der Waals surface area (Å²) in [5.41, 5.74) is 8.19. The van der Waals surface area contributed by atoms with Crippen molar-refractivity contribution in [1.82, 2.24) is 0 Å². The zero-order chi connectivity index (χ0) is 14.1. The Morgan fingerprint density at radius 3 is 1.78 bits per heavy atom. The van der Waals surface area contributed by atoms with Crippen LogP contribution >= 0.6 is 0 Å². The third-order valence-corrected chi connectivity index (χ3v) is 5.83. The van der Waals surface area contributed by atoms with E-state index < -0.39 is 20.6 Å². The number of rotatable bonds is 4. The molecule has 1 unspecified atom stereocenters. The van der Waals surface area contributed by atoms with Gasteiger partial charge in [0.2, 0.25) is 0 Å². The number of sulfone groups is 1. The van der Waals surface area contributed by atoms with Gasteiger partial charge in [-0.05, 0) is 30.9 Å². The minimum atomic E-state index is -3.20. The highest BCUT2D eigenvalue weighted by Crippen LogP contribution is 2.30. The molecule has 1 atom stereocenters. The average Bonchev–Trinajstić information content (AvgIpc) is 2.26.